The third kappa shape index (κ3) is 5.41. The van der Waals surface area contributed by atoms with Gasteiger partial charge in [-0.15, -0.1) is 0 Å². The smallest absolute Gasteiger partial charge is 0.265 e. The molecule has 1 aromatic heterocycles. The van der Waals surface area contributed by atoms with Gasteiger partial charge < -0.3 is 9.73 Å². The van der Waals surface area contributed by atoms with Crippen molar-refractivity contribution in [2.45, 2.75) is 18.2 Å². The molecule has 1 N–H and O–H groups in total. The number of benzene rings is 2. The predicted molar refractivity (Wildman–Crippen MR) is 134 cm³/mol. The van der Waals surface area contributed by atoms with E-state index in [1.54, 1.807) is 24.3 Å². The minimum Gasteiger partial charge on any atom is -0.467 e. The molecule has 1 fully saturated rings. The molecular formula is C24H17Br2N3O3S. The minimum atomic E-state index is -0.561. The van der Waals surface area contributed by atoms with Gasteiger partial charge in [0.25, 0.3) is 5.91 Å². The molecule has 2 aromatic carbocycles. The fourth-order valence-corrected chi connectivity index (χ4v) is 5.38. The topological polar surface area (TPSA) is 86.3 Å². The van der Waals surface area contributed by atoms with Crippen LogP contribution < -0.4 is 10.2 Å². The van der Waals surface area contributed by atoms with Gasteiger partial charge in [-0.05, 0) is 60.5 Å². The number of thioether (sulfide) groups is 1. The van der Waals surface area contributed by atoms with Crippen LogP contribution in [0.25, 0.3) is 0 Å². The zero-order chi connectivity index (χ0) is 23.4. The van der Waals surface area contributed by atoms with E-state index in [0.717, 1.165) is 14.5 Å². The standard InChI is InChI=1S/C24H17Br2N3O3S/c25-16-6-8-18(9-7-16)29-23(31)21(12-15-3-1-4-17(26)11-15)33-24(29)20(13-27)22(30)28-14-19-5-2-10-32-19/h1-11,21H,12,14H2,(H,28,30)/b24-20+/t21-/m1/s1. The number of furan rings is 1. The summed E-state index contributed by atoms with van der Waals surface area (Å²) in [4.78, 5) is 27.8. The van der Waals surface area contributed by atoms with Crippen molar-refractivity contribution in [1.29, 1.82) is 5.26 Å². The molecule has 1 aliphatic heterocycles. The predicted octanol–water partition coefficient (Wildman–Crippen LogP) is 5.55. The number of rotatable bonds is 6. The van der Waals surface area contributed by atoms with E-state index in [1.165, 1.54) is 22.9 Å². The van der Waals surface area contributed by atoms with Crippen molar-refractivity contribution in [3.8, 4) is 6.07 Å². The van der Waals surface area contributed by atoms with Crippen molar-refractivity contribution in [3.63, 3.8) is 0 Å². The molecule has 0 radical (unpaired) electrons. The van der Waals surface area contributed by atoms with E-state index in [0.29, 0.717) is 22.9 Å². The molecule has 0 unspecified atom stereocenters. The third-order valence-electron chi connectivity index (χ3n) is 4.90. The lowest BCUT2D eigenvalue weighted by atomic mass is 10.1. The summed E-state index contributed by atoms with van der Waals surface area (Å²) in [6.07, 6.45) is 1.98. The molecule has 0 bridgehead atoms. The van der Waals surface area contributed by atoms with Crippen LogP contribution in [-0.2, 0) is 22.6 Å². The molecule has 33 heavy (non-hydrogen) atoms. The van der Waals surface area contributed by atoms with Gasteiger partial charge in [0.05, 0.1) is 18.1 Å². The lowest BCUT2D eigenvalue weighted by Crippen LogP contribution is -2.32. The van der Waals surface area contributed by atoms with Gasteiger partial charge in [-0.2, -0.15) is 5.26 Å². The molecule has 3 aromatic rings. The number of carbonyl (C=O) groups is 2. The molecule has 1 saturated heterocycles. The molecule has 166 valence electrons. The molecule has 0 spiro atoms. The molecule has 6 nitrogen and oxygen atoms in total. The van der Waals surface area contributed by atoms with Crippen LogP contribution in [0.15, 0.2) is 90.9 Å². The van der Waals surface area contributed by atoms with Crippen molar-refractivity contribution in [2.24, 2.45) is 0 Å². The highest BCUT2D eigenvalue weighted by atomic mass is 79.9. The Balaban J connectivity index is 1.68. The van der Waals surface area contributed by atoms with Crippen LogP contribution in [0, 0.1) is 11.3 Å². The van der Waals surface area contributed by atoms with Crippen LogP contribution in [0.1, 0.15) is 11.3 Å². The van der Waals surface area contributed by atoms with E-state index in [-0.39, 0.29) is 18.0 Å². The first kappa shape index (κ1) is 23.4. The number of halogens is 2. The Kier molecular flexibility index (Phi) is 7.38. The van der Waals surface area contributed by atoms with Gasteiger partial charge in [-0.3, -0.25) is 14.5 Å². The van der Waals surface area contributed by atoms with Crippen LogP contribution in [0.2, 0.25) is 0 Å². The summed E-state index contributed by atoms with van der Waals surface area (Å²) in [6, 6.07) is 20.4. The van der Waals surface area contributed by atoms with E-state index in [2.05, 4.69) is 37.2 Å². The Morgan fingerprint density at radius 1 is 1.12 bits per heavy atom. The molecular weight excluding hydrogens is 570 g/mol. The second kappa shape index (κ2) is 10.4. The van der Waals surface area contributed by atoms with Gasteiger partial charge in [-0.25, -0.2) is 0 Å². The maximum atomic E-state index is 13.5. The zero-order valence-electron chi connectivity index (χ0n) is 17.1. The number of hydrogen-bond donors (Lipinski definition) is 1. The third-order valence-corrected chi connectivity index (χ3v) is 7.19. The van der Waals surface area contributed by atoms with Gasteiger partial charge in [-0.1, -0.05) is 55.8 Å². The van der Waals surface area contributed by atoms with Gasteiger partial charge in [0.15, 0.2) is 0 Å². The summed E-state index contributed by atoms with van der Waals surface area (Å²) in [5.74, 6) is -0.170. The van der Waals surface area contributed by atoms with Gasteiger partial charge >= 0.3 is 0 Å². The number of nitriles is 1. The number of nitrogens with one attached hydrogen (secondary N) is 1. The fraction of sp³-hybridized carbons (Fsp3) is 0.125. The highest BCUT2D eigenvalue weighted by Crippen LogP contribution is 2.42. The first-order valence-electron chi connectivity index (χ1n) is 9.92. The first-order chi connectivity index (χ1) is 16.0. The van der Waals surface area contributed by atoms with Crippen LogP contribution >= 0.6 is 43.6 Å². The van der Waals surface area contributed by atoms with Crippen LogP contribution in [0.4, 0.5) is 5.69 Å². The lowest BCUT2D eigenvalue weighted by Gasteiger charge is -2.18. The van der Waals surface area contributed by atoms with Crippen molar-refractivity contribution >= 4 is 61.1 Å². The molecule has 9 heteroatoms. The number of nitrogens with zero attached hydrogens (tertiary/aromatic N) is 2. The van der Waals surface area contributed by atoms with Crippen molar-refractivity contribution in [2.75, 3.05) is 4.90 Å². The first-order valence-corrected chi connectivity index (χ1v) is 12.4. The Bertz CT molecular complexity index is 1250. The highest BCUT2D eigenvalue weighted by molar-refractivity contribution is 9.10. The maximum absolute atomic E-state index is 13.5. The second-order valence-corrected chi connectivity index (χ2v) is 10.2. The number of amides is 2. The molecule has 0 aliphatic carbocycles. The number of hydrogen-bond acceptors (Lipinski definition) is 5. The second-order valence-electron chi connectivity index (χ2n) is 7.14. The quantitative estimate of drug-likeness (QED) is 0.302. The van der Waals surface area contributed by atoms with Crippen molar-refractivity contribution < 1.29 is 14.0 Å². The average molecular weight is 587 g/mol. The average Bonchev–Trinajstić information content (AvgIpc) is 3.42. The van der Waals surface area contributed by atoms with Gasteiger partial charge in [0.2, 0.25) is 5.91 Å². The maximum Gasteiger partial charge on any atom is 0.265 e. The minimum absolute atomic E-state index is 0.112. The summed E-state index contributed by atoms with van der Waals surface area (Å²) >= 11 is 8.10. The Labute approximate surface area is 211 Å². The van der Waals surface area contributed by atoms with E-state index in [4.69, 9.17) is 4.42 Å². The summed E-state index contributed by atoms with van der Waals surface area (Å²) < 4.78 is 7.02. The fourth-order valence-electron chi connectivity index (χ4n) is 3.36. The SMILES string of the molecule is N#C/C(C(=O)NCc1ccco1)=C1\S[C@H](Cc2cccc(Br)c2)C(=O)N1c1ccc(Br)cc1. The molecule has 4 rings (SSSR count). The van der Waals surface area contributed by atoms with Crippen LogP contribution in [0.5, 0.6) is 0 Å². The normalized spacial score (nSPS) is 17.1. The Morgan fingerprint density at radius 2 is 1.91 bits per heavy atom. The van der Waals surface area contributed by atoms with E-state index in [1.807, 2.05) is 42.5 Å². The Hall–Kier alpha value is -2.80. The number of anilines is 1. The molecule has 0 saturated carbocycles. The summed E-state index contributed by atoms with van der Waals surface area (Å²) in [6.45, 7) is 0.142. The molecule has 2 heterocycles. The largest absolute Gasteiger partial charge is 0.467 e. The van der Waals surface area contributed by atoms with E-state index < -0.39 is 11.2 Å². The van der Waals surface area contributed by atoms with Crippen molar-refractivity contribution in [1.82, 2.24) is 5.32 Å². The summed E-state index contributed by atoms with van der Waals surface area (Å²) in [7, 11) is 0. The zero-order valence-corrected chi connectivity index (χ0v) is 21.1. The van der Waals surface area contributed by atoms with Gasteiger partial charge in [0.1, 0.15) is 22.4 Å². The molecule has 1 aliphatic rings. The Morgan fingerprint density at radius 3 is 2.58 bits per heavy atom. The lowest BCUT2D eigenvalue weighted by molar-refractivity contribution is -0.117. The highest BCUT2D eigenvalue weighted by Gasteiger charge is 2.40. The summed E-state index contributed by atoms with van der Waals surface area (Å²) in [5, 5.41) is 12.4. The van der Waals surface area contributed by atoms with E-state index in [9.17, 15) is 14.9 Å². The van der Waals surface area contributed by atoms with Gasteiger partial charge in [0, 0.05) is 14.6 Å². The van der Waals surface area contributed by atoms with Crippen LogP contribution in [0.3, 0.4) is 0 Å². The number of carbonyl (C=O) groups excluding carboxylic acids is 2. The molecule has 1 atom stereocenters. The van der Waals surface area contributed by atoms with Crippen molar-refractivity contribution in [3.05, 3.63) is 97.8 Å². The molecule has 2 amide bonds. The monoisotopic (exact) mass is 585 g/mol. The van der Waals surface area contributed by atoms with E-state index >= 15 is 0 Å². The summed E-state index contributed by atoms with van der Waals surface area (Å²) in [5.41, 5.74) is 1.46. The van der Waals surface area contributed by atoms with Crippen LogP contribution in [-0.4, -0.2) is 17.1 Å².